The summed E-state index contributed by atoms with van der Waals surface area (Å²) in [5, 5.41) is 3.03. The predicted octanol–water partition coefficient (Wildman–Crippen LogP) is 1.14. The number of rotatable bonds is 5. The van der Waals surface area contributed by atoms with Gasteiger partial charge in [0.1, 0.15) is 0 Å². The van der Waals surface area contributed by atoms with Crippen LogP contribution in [0.2, 0.25) is 0 Å². The molecule has 0 radical (unpaired) electrons. The molecule has 0 aromatic rings. The van der Waals surface area contributed by atoms with Crippen molar-refractivity contribution < 1.29 is 9.53 Å². The third kappa shape index (κ3) is 5.27. The van der Waals surface area contributed by atoms with Crippen molar-refractivity contribution in [2.75, 3.05) is 18.6 Å². The normalized spacial score (nSPS) is 25.3. The summed E-state index contributed by atoms with van der Waals surface area (Å²) in [5.74, 6) is 0.898. The van der Waals surface area contributed by atoms with E-state index in [1.54, 1.807) is 11.8 Å². The highest BCUT2D eigenvalue weighted by atomic mass is 32.2. The van der Waals surface area contributed by atoms with E-state index in [1.807, 2.05) is 6.26 Å². The van der Waals surface area contributed by atoms with Crippen LogP contribution in [0.15, 0.2) is 0 Å². The van der Waals surface area contributed by atoms with Crippen LogP contribution in [0.4, 0.5) is 0 Å². The minimum absolute atomic E-state index is 0.0262. The molecule has 1 aliphatic heterocycles. The summed E-state index contributed by atoms with van der Waals surface area (Å²) in [6.45, 7) is 4.82. The minimum Gasteiger partial charge on any atom is -0.375 e. The first-order valence-corrected chi connectivity index (χ1v) is 7.53. The highest BCUT2D eigenvalue weighted by molar-refractivity contribution is 7.98. The molecule has 0 aromatic carbocycles. The van der Waals surface area contributed by atoms with Gasteiger partial charge < -0.3 is 15.8 Å². The van der Waals surface area contributed by atoms with Crippen LogP contribution < -0.4 is 11.1 Å². The fraction of sp³-hybridized carbons (Fsp3) is 0.917. The lowest BCUT2D eigenvalue weighted by atomic mass is 9.93. The molecule has 1 heterocycles. The van der Waals surface area contributed by atoms with Crippen LogP contribution in [-0.2, 0) is 9.53 Å². The number of hydrogen-bond donors (Lipinski definition) is 2. The van der Waals surface area contributed by atoms with Crippen molar-refractivity contribution in [1.82, 2.24) is 5.32 Å². The second-order valence-corrected chi connectivity index (χ2v) is 6.18. The topological polar surface area (TPSA) is 64.4 Å². The van der Waals surface area contributed by atoms with Gasteiger partial charge in [0.25, 0.3) is 0 Å². The first-order valence-electron chi connectivity index (χ1n) is 6.13. The predicted molar refractivity (Wildman–Crippen MR) is 72.2 cm³/mol. The van der Waals surface area contributed by atoms with Crippen molar-refractivity contribution >= 4 is 17.7 Å². The molecule has 0 aliphatic carbocycles. The molecule has 1 fully saturated rings. The molecule has 1 unspecified atom stereocenters. The Balaban J connectivity index is 2.35. The number of amides is 1. The summed E-state index contributed by atoms with van der Waals surface area (Å²) in [7, 11) is 0. The minimum atomic E-state index is -0.381. The molecule has 3 N–H and O–H groups in total. The van der Waals surface area contributed by atoms with Crippen molar-refractivity contribution in [3.8, 4) is 0 Å². The van der Waals surface area contributed by atoms with Gasteiger partial charge in [0.05, 0.1) is 11.6 Å². The maximum absolute atomic E-state index is 11.8. The van der Waals surface area contributed by atoms with Crippen molar-refractivity contribution in [2.24, 2.45) is 5.73 Å². The number of hydrogen-bond acceptors (Lipinski definition) is 4. The number of ether oxygens (including phenoxy) is 1. The Morgan fingerprint density at radius 2 is 2.35 bits per heavy atom. The van der Waals surface area contributed by atoms with Crippen LogP contribution >= 0.6 is 11.8 Å². The van der Waals surface area contributed by atoms with Crippen LogP contribution in [0.25, 0.3) is 0 Å². The molecule has 0 aromatic heterocycles. The van der Waals surface area contributed by atoms with E-state index in [-0.39, 0.29) is 23.6 Å². The third-order valence-corrected chi connectivity index (χ3v) is 3.66. The summed E-state index contributed by atoms with van der Waals surface area (Å²) >= 11 is 1.71. The van der Waals surface area contributed by atoms with E-state index in [0.29, 0.717) is 6.61 Å². The van der Waals surface area contributed by atoms with E-state index in [4.69, 9.17) is 10.5 Å². The van der Waals surface area contributed by atoms with E-state index in [1.165, 1.54) is 0 Å². The van der Waals surface area contributed by atoms with Crippen molar-refractivity contribution in [2.45, 2.75) is 50.8 Å². The molecule has 1 saturated heterocycles. The van der Waals surface area contributed by atoms with E-state index < -0.39 is 0 Å². The highest BCUT2D eigenvalue weighted by Gasteiger charge is 2.30. The van der Waals surface area contributed by atoms with Crippen molar-refractivity contribution in [3.63, 3.8) is 0 Å². The molecule has 2 atom stereocenters. The first-order chi connectivity index (χ1) is 7.94. The Labute approximate surface area is 108 Å². The number of carbonyl (C=O) groups is 1. The Morgan fingerprint density at radius 3 is 2.94 bits per heavy atom. The van der Waals surface area contributed by atoms with Crippen LogP contribution in [0.1, 0.15) is 33.1 Å². The van der Waals surface area contributed by atoms with Gasteiger partial charge in [-0.15, -0.1) is 0 Å². The van der Waals surface area contributed by atoms with Gasteiger partial charge in [-0.05, 0) is 45.1 Å². The van der Waals surface area contributed by atoms with Gasteiger partial charge in [0, 0.05) is 12.6 Å². The van der Waals surface area contributed by atoms with E-state index in [2.05, 4.69) is 19.2 Å². The molecular weight excluding hydrogens is 236 g/mol. The average Bonchev–Trinajstić information content (AvgIpc) is 2.24. The number of carbonyl (C=O) groups excluding carboxylic acids is 1. The Kier molecular flexibility index (Phi) is 5.76. The van der Waals surface area contributed by atoms with Gasteiger partial charge in [-0.25, -0.2) is 0 Å². The quantitative estimate of drug-likeness (QED) is 0.778. The summed E-state index contributed by atoms with van der Waals surface area (Å²) < 4.78 is 5.62. The number of nitrogens with one attached hydrogen (secondary N) is 1. The van der Waals surface area contributed by atoms with Gasteiger partial charge in [0.15, 0.2) is 0 Å². The van der Waals surface area contributed by atoms with Crippen LogP contribution in [0.3, 0.4) is 0 Å². The van der Waals surface area contributed by atoms with Gasteiger partial charge in [-0.3, -0.25) is 4.79 Å². The maximum atomic E-state index is 11.8. The summed E-state index contributed by atoms with van der Waals surface area (Å²) in [6, 6.07) is -0.181. The van der Waals surface area contributed by atoms with Crippen molar-refractivity contribution in [3.05, 3.63) is 0 Å². The van der Waals surface area contributed by atoms with Crippen LogP contribution in [-0.4, -0.2) is 42.2 Å². The number of thioether (sulfide) groups is 1. The van der Waals surface area contributed by atoms with Gasteiger partial charge in [-0.2, -0.15) is 11.8 Å². The first kappa shape index (κ1) is 14.8. The van der Waals surface area contributed by atoms with E-state index in [0.717, 1.165) is 25.0 Å². The third-order valence-electron chi connectivity index (χ3n) is 3.01. The fourth-order valence-corrected chi connectivity index (χ4v) is 2.53. The Bertz CT molecular complexity index is 259. The monoisotopic (exact) mass is 260 g/mol. The largest absolute Gasteiger partial charge is 0.375 e. The number of nitrogens with two attached hydrogens (primary N) is 1. The van der Waals surface area contributed by atoms with E-state index >= 15 is 0 Å². The maximum Gasteiger partial charge on any atom is 0.237 e. The van der Waals surface area contributed by atoms with Gasteiger partial charge in [-0.1, -0.05) is 0 Å². The zero-order valence-electron chi connectivity index (χ0n) is 11.0. The summed E-state index contributed by atoms with van der Waals surface area (Å²) in [6.07, 6.45) is 4.49. The molecule has 1 aliphatic rings. The van der Waals surface area contributed by atoms with Gasteiger partial charge >= 0.3 is 0 Å². The molecule has 100 valence electrons. The molecule has 0 bridgehead atoms. The standard InChI is InChI=1S/C12H24N2O2S/c1-12(2)8-9(4-6-16-12)14-11(15)10(13)5-7-17-3/h9-10H,4-8,13H2,1-3H3,(H,14,15)/t9?,10-/m1/s1. The molecular formula is C12H24N2O2S. The lowest BCUT2D eigenvalue weighted by molar-refractivity contribution is -0.125. The van der Waals surface area contributed by atoms with Gasteiger partial charge in [0.2, 0.25) is 5.91 Å². The highest BCUT2D eigenvalue weighted by Crippen LogP contribution is 2.23. The van der Waals surface area contributed by atoms with Crippen molar-refractivity contribution in [1.29, 1.82) is 0 Å². The molecule has 4 nitrogen and oxygen atoms in total. The Morgan fingerprint density at radius 1 is 1.65 bits per heavy atom. The van der Waals surface area contributed by atoms with E-state index in [9.17, 15) is 4.79 Å². The lowest BCUT2D eigenvalue weighted by Crippen LogP contribution is -2.50. The summed E-state index contributed by atoms with van der Waals surface area (Å²) in [4.78, 5) is 11.8. The molecule has 5 heteroatoms. The molecule has 1 amide bonds. The smallest absolute Gasteiger partial charge is 0.237 e. The lowest BCUT2D eigenvalue weighted by Gasteiger charge is -2.36. The van der Waals surface area contributed by atoms with Crippen LogP contribution in [0.5, 0.6) is 0 Å². The zero-order valence-corrected chi connectivity index (χ0v) is 11.8. The summed E-state index contributed by atoms with van der Waals surface area (Å²) in [5.41, 5.74) is 5.69. The average molecular weight is 260 g/mol. The van der Waals surface area contributed by atoms with Crippen LogP contribution in [0, 0.1) is 0 Å². The molecule has 0 saturated carbocycles. The second kappa shape index (κ2) is 6.61. The molecule has 0 spiro atoms. The molecule has 1 rings (SSSR count). The zero-order chi connectivity index (χ0) is 12.9. The molecule has 17 heavy (non-hydrogen) atoms. The SMILES string of the molecule is CSCC[C@@H](N)C(=O)NC1CCOC(C)(C)C1. The fourth-order valence-electron chi connectivity index (χ4n) is 2.04. The Hall–Kier alpha value is -0.260. The second-order valence-electron chi connectivity index (χ2n) is 5.19.